The molecule has 0 bridgehead atoms. The van der Waals surface area contributed by atoms with E-state index in [0.29, 0.717) is 6.61 Å². The van der Waals surface area contributed by atoms with Crippen molar-refractivity contribution in [1.82, 2.24) is 0 Å². The third-order valence-corrected chi connectivity index (χ3v) is 2.31. The van der Waals surface area contributed by atoms with Gasteiger partial charge in [-0.2, -0.15) is 0 Å². The van der Waals surface area contributed by atoms with Crippen molar-refractivity contribution in [1.29, 1.82) is 0 Å². The quantitative estimate of drug-likeness (QED) is 0.603. The van der Waals surface area contributed by atoms with Crippen molar-refractivity contribution in [3.63, 3.8) is 0 Å². The molecule has 1 aliphatic rings. The van der Waals surface area contributed by atoms with E-state index in [1.54, 1.807) is 14.0 Å². The molecular formula is C10H16O3. The molecule has 74 valence electrons. The molecule has 0 saturated carbocycles. The van der Waals surface area contributed by atoms with Crippen LogP contribution in [0.15, 0.2) is 0 Å². The maximum atomic E-state index is 5.54. The molecule has 0 aliphatic carbocycles. The lowest BCUT2D eigenvalue weighted by molar-refractivity contribution is -0.266. The van der Waals surface area contributed by atoms with E-state index in [2.05, 4.69) is 5.92 Å². The molecule has 1 rings (SSSR count). The zero-order chi connectivity index (χ0) is 9.90. The molecule has 0 amide bonds. The van der Waals surface area contributed by atoms with Gasteiger partial charge in [0.15, 0.2) is 11.9 Å². The van der Waals surface area contributed by atoms with Gasteiger partial charge in [0.05, 0.1) is 12.7 Å². The van der Waals surface area contributed by atoms with Crippen molar-refractivity contribution >= 4 is 0 Å². The Morgan fingerprint density at radius 1 is 1.62 bits per heavy atom. The second-order valence-corrected chi connectivity index (χ2v) is 3.39. The molecule has 0 spiro atoms. The third-order valence-electron chi connectivity index (χ3n) is 2.31. The Kier molecular flexibility index (Phi) is 3.32. The molecule has 3 heteroatoms. The summed E-state index contributed by atoms with van der Waals surface area (Å²) in [5.41, 5.74) is -0.783. The first-order chi connectivity index (χ1) is 6.12. The van der Waals surface area contributed by atoms with Crippen molar-refractivity contribution in [2.45, 2.75) is 38.3 Å². The summed E-state index contributed by atoms with van der Waals surface area (Å²) in [4.78, 5) is 0. The van der Waals surface area contributed by atoms with Crippen LogP contribution in [0.2, 0.25) is 0 Å². The average Bonchev–Trinajstić information content (AvgIpc) is 2.17. The molecule has 0 aromatic carbocycles. The van der Waals surface area contributed by atoms with E-state index in [1.807, 2.05) is 6.92 Å². The Labute approximate surface area is 79.4 Å². The van der Waals surface area contributed by atoms with Crippen molar-refractivity contribution in [3.8, 4) is 12.3 Å². The molecule has 0 N–H and O–H groups in total. The molecule has 0 aromatic heterocycles. The van der Waals surface area contributed by atoms with Gasteiger partial charge in [0, 0.05) is 7.11 Å². The lowest BCUT2D eigenvalue weighted by atomic mass is 10.1. The van der Waals surface area contributed by atoms with Gasteiger partial charge < -0.3 is 14.2 Å². The molecule has 3 nitrogen and oxygen atoms in total. The predicted octanol–water partition coefficient (Wildman–Crippen LogP) is 1.18. The largest absolute Gasteiger partial charge is 0.361 e. The summed E-state index contributed by atoms with van der Waals surface area (Å²) in [6.07, 6.45) is 5.99. The van der Waals surface area contributed by atoms with Gasteiger partial charge >= 0.3 is 0 Å². The topological polar surface area (TPSA) is 27.7 Å². The third kappa shape index (κ3) is 2.22. The summed E-state index contributed by atoms with van der Waals surface area (Å²) in [5.74, 6) is 2.55. The van der Waals surface area contributed by atoms with Crippen LogP contribution in [0.3, 0.4) is 0 Å². The van der Waals surface area contributed by atoms with E-state index in [1.165, 1.54) is 0 Å². The monoisotopic (exact) mass is 184 g/mol. The Hall–Kier alpha value is -0.560. The minimum absolute atomic E-state index is 0.182. The van der Waals surface area contributed by atoms with Crippen molar-refractivity contribution in [2.24, 2.45) is 0 Å². The van der Waals surface area contributed by atoms with Crippen LogP contribution >= 0.6 is 0 Å². The van der Waals surface area contributed by atoms with Crippen molar-refractivity contribution < 1.29 is 14.2 Å². The molecule has 1 heterocycles. The summed E-state index contributed by atoms with van der Waals surface area (Å²) in [6, 6.07) is 0. The van der Waals surface area contributed by atoms with Gasteiger partial charge in [-0.05, 0) is 20.3 Å². The number of rotatable bonds is 2. The second-order valence-electron chi connectivity index (χ2n) is 3.39. The number of terminal acetylenes is 1. The van der Waals surface area contributed by atoms with E-state index < -0.39 is 11.9 Å². The summed E-state index contributed by atoms with van der Waals surface area (Å²) >= 11 is 0. The van der Waals surface area contributed by atoms with Crippen LogP contribution < -0.4 is 0 Å². The van der Waals surface area contributed by atoms with E-state index in [0.717, 1.165) is 6.42 Å². The summed E-state index contributed by atoms with van der Waals surface area (Å²) in [6.45, 7) is 4.46. The highest BCUT2D eigenvalue weighted by atomic mass is 16.7. The minimum Gasteiger partial charge on any atom is -0.361 e. The number of ether oxygens (including phenoxy) is 3. The number of hydrogen-bond acceptors (Lipinski definition) is 3. The van der Waals surface area contributed by atoms with Crippen molar-refractivity contribution in [2.75, 3.05) is 13.7 Å². The maximum Gasteiger partial charge on any atom is 0.198 e. The number of methoxy groups -OCH3 is 1. The first-order valence-corrected chi connectivity index (χ1v) is 4.42. The van der Waals surface area contributed by atoms with E-state index in [-0.39, 0.29) is 6.10 Å². The van der Waals surface area contributed by atoms with Gasteiger partial charge in [0.25, 0.3) is 0 Å². The van der Waals surface area contributed by atoms with Gasteiger partial charge in [0.2, 0.25) is 0 Å². The molecule has 0 aromatic rings. The summed E-state index contributed by atoms with van der Waals surface area (Å²) in [7, 11) is 1.56. The summed E-state index contributed by atoms with van der Waals surface area (Å²) < 4.78 is 16.1. The summed E-state index contributed by atoms with van der Waals surface area (Å²) in [5, 5.41) is 0. The first kappa shape index (κ1) is 10.5. The van der Waals surface area contributed by atoms with Crippen LogP contribution in [0.5, 0.6) is 0 Å². The fourth-order valence-corrected chi connectivity index (χ4v) is 1.17. The van der Waals surface area contributed by atoms with E-state index >= 15 is 0 Å². The SMILES string of the molecule is C#CC(C)(OC)C1OCCC(C)O1. The van der Waals surface area contributed by atoms with Gasteiger partial charge in [-0.15, -0.1) is 6.42 Å². The highest BCUT2D eigenvalue weighted by Gasteiger charge is 2.37. The highest BCUT2D eigenvalue weighted by molar-refractivity contribution is 5.08. The highest BCUT2D eigenvalue weighted by Crippen LogP contribution is 2.23. The van der Waals surface area contributed by atoms with Crippen LogP contribution in [-0.4, -0.2) is 31.7 Å². The predicted molar refractivity (Wildman–Crippen MR) is 49.2 cm³/mol. The normalized spacial score (nSPS) is 33.4. The Morgan fingerprint density at radius 3 is 2.77 bits per heavy atom. The Bertz CT molecular complexity index is 209. The second kappa shape index (κ2) is 4.10. The molecule has 1 fully saturated rings. The average molecular weight is 184 g/mol. The zero-order valence-electron chi connectivity index (χ0n) is 8.37. The fourth-order valence-electron chi connectivity index (χ4n) is 1.17. The van der Waals surface area contributed by atoms with Gasteiger partial charge in [-0.1, -0.05) is 5.92 Å². The molecule has 1 saturated heterocycles. The Morgan fingerprint density at radius 2 is 2.31 bits per heavy atom. The molecular weight excluding hydrogens is 168 g/mol. The molecule has 1 aliphatic heterocycles. The lowest BCUT2D eigenvalue weighted by Crippen LogP contribution is -2.47. The molecule has 3 unspecified atom stereocenters. The lowest BCUT2D eigenvalue weighted by Gasteiger charge is -2.36. The standard InChI is InChI=1S/C10H16O3/c1-5-10(3,11-4)9-12-7-6-8(2)13-9/h1,8-9H,6-7H2,2-4H3. The molecule has 3 atom stereocenters. The zero-order valence-corrected chi connectivity index (χ0v) is 8.37. The minimum atomic E-state index is -0.783. The van der Waals surface area contributed by atoms with Crippen LogP contribution in [0.1, 0.15) is 20.3 Å². The van der Waals surface area contributed by atoms with E-state index in [4.69, 9.17) is 20.6 Å². The first-order valence-electron chi connectivity index (χ1n) is 4.42. The van der Waals surface area contributed by atoms with Gasteiger partial charge in [-0.3, -0.25) is 0 Å². The van der Waals surface area contributed by atoms with Crippen molar-refractivity contribution in [3.05, 3.63) is 0 Å². The van der Waals surface area contributed by atoms with Gasteiger partial charge in [0.1, 0.15) is 0 Å². The molecule has 13 heavy (non-hydrogen) atoms. The van der Waals surface area contributed by atoms with Crippen LogP contribution in [-0.2, 0) is 14.2 Å². The fraction of sp³-hybridized carbons (Fsp3) is 0.800. The molecule has 0 radical (unpaired) electrons. The van der Waals surface area contributed by atoms with E-state index in [9.17, 15) is 0 Å². The van der Waals surface area contributed by atoms with Gasteiger partial charge in [-0.25, -0.2) is 0 Å². The van der Waals surface area contributed by atoms with Crippen LogP contribution in [0, 0.1) is 12.3 Å². The Balaban J connectivity index is 2.64. The van der Waals surface area contributed by atoms with Crippen LogP contribution in [0.25, 0.3) is 0 Å². The number of hydrogen-bond donors (Lipinski definition) is 0. The smallest absolute Gasteiger partial charge is 0.198 e. The maximum absolute atomic E-state index is 5.54. The van der Waals surface area contributed by atoms with Crippen LogP contribution in [0.4, 0.5) is 0 Å².